The third-order valence-corrected chi connectivity index (χ3v) is 5.41. The van der Waals surface area contributed by atoms with Gasteiger partial charge in [-0.2, -0.15) is 0 Å². The van der Waals surface area contributed by atoms with E-state index in [-0.39, 0.29) is 5.91 Å². The van der Waals surface area contributed by atoms with E-state index < -0.39 is 0 Å². The molecule has 21 heavy (non-hydrogen) atoms. The zero-order chi connectivity index (χ0) is 15.0. The summed E-state index contributed by atoms with van der Waals surface area (Å²) in [5.74, 6) is 0.915. The van der Waals surface area contributed by atoms with Crippen LogP contribution in [0.4, 0.5) is 11.4 Å². The molecule has 0 saturated heterocycles. The maximum absolute atomic E-state index is 12.8. The molecule has 3 rings (SSSR count). The number of halogens is 1. The van der Waals surface area contributed by atoms with Gasteiger partial charge in [0, 0.05) is 32.9 Å². The van der Waals surface area contributed by atoms with Crippen molar-refractivity contribution in [2.24, 2.45) is 0 Å². The Morgan fingerprint density at radius 1 is 1.29 bits per heavy atom. The van der Waals surface area contributed by atoms with Crippen LogP contribution in [0.25, 0.3) is 0 Å². The smallest absolute Gasteiger partial charge is 0.258 e. The van der Waals surface area contributed by atoms with Gasteiger partial charge in [-0.1, -0.05) is 22.0 Å². The standard InChI is InChI=1S/C16H15BrN2OS/c1-10-2-3-11(8-13(10)17)16(20)19-6-7-21-15-5-4-12(18)9-14(15)19/h2-5,8-9H,6-7,18H2,1H3. The van der Waals surface area contributed by atoms with Crippen molar-refractivity contribution in [3.8, 4) is 0 Å². The van der Waals surface area contributed by atoms with Crippen LogP contribution in [0, 0.1) is 6.92 Å². The summed E-state index contributed by atoms with van der Waals surface area (Å²) in [5, 5.41) is 0. The van der Waals surface area contributed by atoms with Gasteiger partial charge < -0.3 is 10.6 Å². The van der Waals surface area contributed by atoms with E-state index in [1.807, 2.05) is 48.2 Å². The number of benzene rings is 2. The van der Waals surface area contributed by atoms with Crippen LogP contribution in [0.5, 0.6) is 0 Å². The minimum Gasteiger partial charge on any atom is -0.399 e. The van der Waals surface area contributed by atoms with Gasteiger partial charge in [0.15, 0.2) is 0 Å². The first-order chi connectivity index (χ1) is 10.1. The average Bonchev–Trinajstić information content (AvgIpc) is 2.48. The van der Waals surface area contributed by atoms with Crippen molar-refractivity contribution in [3.63, 3.8) is 0 Å². The van der Waals surface area contributed by atoms with Crippen molar-refractivity contribution in [1.29, 1.82) is 0 Å². The molecular weight excluding hydrogens is 348 g/mol. The van der Waals surface area contributed by atoms with Crippen molar-refractivity contribution in [1.82, 2.24) is 0 Å². The predicted octanol–water partition coefficient (Wildman–Crippen LogP) is 4.09. The third kappa shape index (κ3) is 2.80. The van der Waals surface area contributed by atoms with Crippen LogP contribution in [0.3, 0.4) is 0 Å². The van der Waals surface area contributed by atoms with Gasteiger partial charge >= 0.3 is 0 Å². The summed E-state index contributed by atoms with van der Waals surface area (Å²) < 4.78 is 0.951. The largest absolute Gasteiger partial charge is 0.399 e. The van der Waals surface area contributed by atoms with Crippen molar-refractivity contribution >= 4 is 45.0 Å². The monoisotopic (exact) mass is 362 g/mol. The summed E-state index contributed by atoms with van der Waals surface area (Å²) in [4.78, 5) is 15.7. The Labute approximate surface area is 136 Å². The fourth-order valence-corrected chi connectivity index (χ4v) is 3.68. The number of carbonyl (C=O) groups is 1. The molecule has 2 N–H and O–H groups in total. The SMILES string of the molecule is Cc1ccc(C(=O)N2CCSc3ccc(N)cc32)cc1Br. The summed E-state index contributed by atoms with van der Waals surface area (Å²) in [6, 6.07) is 11.4. The molecule has 3 nitrogen and oxygen atoms in total. The zero-order valence-electron chi connectivity index (χ0n) is 11.6. The van der Waals surface area contributed by atoms with E-state index in [1.54, 1.807) is 11.8 Å². The molecule has 0 radical (unpaired) electrons. The number of amides is 1. The Hall–Kier alpha value is -1.46. The van der Waals surface area contributed by atoms with Crippen LogP contribution < -0.4 is 10.6 Å². The maximum Gasteiger partial charge on any atom is 0.258 e. The molecule has 0 aliphatic carbocycles. The lowest BCUT2D eigenvalue weighted by atomic mass is 10.1. The van der Waals surface area contributed by atoms with E-state index in [2.05, 4.69) is 15.9 Å². The minimum absolute atomic E-state index is 0.0165. The Balaban J connectivity index is 1.99. The summed E-state index contributed by atoms with van der Waals surface area (Å²) in [6.45, 7) is 2.71. The molecule has 0 fully saturated rings. The number of nitrogen functional groups attached to an aromatic ring is 1. The molecule has 0 atom stereocenters. The molecule has 108 valence electrons. The second kappa shape index (κ2) is 5.73. The minimum atomic E-state index is 0.0165. The Kier molecular flexibility index (Phi) is 3.95. The summed E-state index contributed by atoms with van der Waals surface area (Å²) in [5.41, 5.74) is 9.27. The topological polar surface area (TPSA) is 46.3 Å². The van der Waals surface area contributed by atoms with Gasteiger partial charge in [0.1, 0.15) is 0 Å². The number of carbonyl (C=O) groups excluding carboxylic acids is 1. The lowest BCUT2D eigenvalue weighted by Crippen LogP contribution is -2.35. The Bertz CT molecular complexity index is 717. The first kappa shape index (κ1) is 14.5. The van der Waals surface area contributed by atoms with Crippen molar-refractivity contribution in [3.05, 3.63) is 52.0 Å². The quantitative estimate of drug-likeness (QED) is 0.777. The first-order valence-corrected chi connectivity index (χ1v) is 8.44. The highest BCUT2D eigenvalue weighted by Crippen LogP contribution is 2.37. The molecule has 5 heteroatoms. The van der Waals surface area contributed by atoms with Crippen molar-refractivity contribution in [2.75, 3.05) is 22.9 Å². The Morgan fingerprint density at radius 3 is 2.86 bits per heavy atom. The molecule has 0 spiro atoms. The maximum atomic E-state index is 12.8. The molecule has 1 aliphatic heterocycles. The summed E-state index contributed by atoms with van der Waals surface area (Å²) in [6.07, 6.45) is 0. The van der Waals surface area contributed by atoms with E-state index in [4.69, 9.17) is 5.73 Å². The molecule has 0 saturated carbocycles. The molecule has 0 unspecified atom stereocenters. The number of aryl methyl sites for hydroxylation is 1. The van der Waals surface area contributed by atoms with Gasteiger partial charge in [-0.05, 0) is 42.8 Å². The van der Waals surface area contributed by atoms with E-state index in [0.29, 0.717) is 17.8 Å². The van der Waals surface area contributed by atoms with E-state index in [0.717, 1.165) is 26.4 Å². The average molecular weight is 363 g/mol. The molecule has 1 heterocycles. The number of hydrogen-bond donors (Lipinski definition) is 1. The van der Waals surface area contributed by atoms with Crippen LogP contribution in [-0.4, -0.2) is 18.2 Å². The third-order valence-electron chi connectivity index (χ3n) is 3.51. The van der Waals surface area contributed by atoms with Gasteiger partial charge in [-0.25, -0.2) is 0 Å². The van der Waals surface area contributed by atoms with Crippen LogP contribution in [0.2, 0.25) is 0 Å². The second-order valence-corrected chi connectivity index (χ2v) is 6.99. The highest BCUT2D eigenvalue weighted by Gasteiger charge is 2.24. The fraction of sp³-hybridized carbons (Fsp3) is 0.188. The van der Waals surface area contributed by atoms with Crippen molar-refractivity contribution < 1.29 is 4.79 Å². The summed E-state index contributed by atoms with van der Waals surface area (Å²) in [7, 11) is 0. The van der Waals surface area contributed by atoms with E-state index in [1.165, 1.54) is 0 Å². The van der Waals surface area contributed by atoms with Gasteiger partial charge in [0.25, 0.3) is 5.91 Å². The lowest BCUT2D eigenvalue weighted by molar-refractivity contribution is 0.0987. The normalized spacial score (nSPS) is 13.9. The van der Waals surface area contributed by atoms with Gasteiger partial charge in [0.05, 0.1) is 5.69 Å². The molecule has 1 amide bonds. The molecule has 0 bridgehead atoms. The molecular formula is C16H15BrN2OS. The number of rotatable bonds is 1. The molecule has 0 aromatic heterocycles. The number of fused-ring (bicyclic) bond motifs is 1. The lowest BCUT2D eigenvalue weighted by Gasteiger charge is -2.29. The molecule has 2 aromatic carbocycles. The highest BCUT2D eigenvalue weighted by molar-refractivity contribution is 9.10. The van der Waals surface area contributed by atoms with E-state index in [9.17, 15) is 4.79 Å². The van der Waals surface area contributed by atoms with Gasteiger partial charge in [-0.3, -0.25) is 4.79 Å². The Morgan fingerprint density at radius 2 is 2.10 bits per heavy atom. The second-order valence-electron chi connectivity index (χ2n) is 5.00. The predicted molar refractivity (Wildman–Crippen MR) is 92.1 cm³/mol. The zero-order valence-corrected chi connectivity index (χ0v) is 14.0. The number of nitrogens with zero attached hydrogens (tertiary/aromatic N) is 1. The number of anilines is 2. The highest BCUT2D eigenvalue weighted by atomic mass is 79.9. The molecule has 1 aliphatic rings. The van der Waals surface area contributed by atoms with Crippen molar-refractivity contribution in [2.45, 2.75) is 11.8 Å². The number of hydrogen-bond acceptors (Lipinski definition) is 3. The molecule has 2 aromatic rings. The number of nitrogens with two attached hydrogens (primary N) is 1. The van der Waals surface area contributed by atoms with Crippen LogP contribution in [-0.2, 0) is 0 Å². The fourth-order valence-electron chi connectivity index (χ4n) is 2.33. The van der Waals surface area contributed by atoms with E-state index >= 15 is 0 Å². The van der Waals surface area contributed by atoms with Crippen LogP contribution >= 0.6 is 27.7 Å². The van der Waals surface area contributed by atoms with Crippen LogP contribution in [0.15, 0.2) is 45.8 Å². The first-order valence-electron chi connectivity index (χ1n) is 6.66. The van der Waals surface area contributed by atoms with Gasteiger partial charge in [-0.15, -0.1) is 11.8 Å². The van der Waals surface area contributed by atoms with Crippen LogP contribution in [0.1, 0.15) is 15.9 Å². The summed E-state index contributed by atoms with van der Waals surface area (Å²) >= 11 is 5.25. The van der Waals surface area contributed by atoms with Gasteiger partial charge in [0.2, 0.25) is 0 Å². The number of thioether (sulfide) groups is 1.